The van der Waals surface area contributed by atoms with E-state index in [1.807, 2.05) is 22.8 Å². The van der Waals surface area contributed by atoms with E-state index in [1.54, 1.807) is 13.1 Å². The van der Waals surface area contributed by atoms with Gasteiger partial charge in [0, 0.05) is 27.7 Å². The van der Waals surface area contributed by atoms with Crippen LogP contribution in [-0.4, -0.2) is 30.2 Å². The fourth-order valence-electron chi connectivity index (χ4n) is 2.86. The van der Waals surface area contributed by atoms with Gasteiger partial charge in [-0.1, -0.05) is 0 Å². The Kier molecular flexibility index (Phi) is 4.49. The average Bonchev–Trinajstić information content (AvgIpc) is 3.02. The van der Waals surface area contributed by atoms with Crippen molar-refractivity contribution in [3.8, 4) is 0 Å². The van der Waals surface area contributed by atoms with Crippen molar-refractivity contribution in [2.75, 3.05) is 19.7 Å². The van der Waals surface area contributed by atoms with Gasteiger partial charge < -0.3 is 14.6 Å². The van der Waals surface area contributed by atoms with E-state index in [-0.39, 0.29) is 23.6 Å². The first kappa shape index (κ1) is 15.5. The first-order chi connectivity index (χ1) is 10.6. The fraction of sp³-hybridized carbons (Fsp3) is 0.375. The minimum atomic E-state index is -0.548. The number of hydrogen-bond donors (Lipinski definition) is 1. The molecule has 0 bridgehead atoms. The first-order valence-corrected chi connectivity index (χ1v) is 8.42. The lowest BCUT2D eigenvalue weighted by Crippen LogP contribution is -2.23. The van der Waals surface area contributed by atoms with Gasteiger partial charge in [0.2, 0.25) is 5.43 Å². The van der Waals surface area contributed by atoms with Gasteiger partial charge in [-0.15, -0.1) is 0 Å². The zero-order valence-electron chi connectivity index (χ0n) is 12.3. The van der Waals surface area contributed by atoms with Crippen molar-refractivity contribution in [2.24, 2.45) is 0 Å². The van der Waals surface area contributed by atoms with Gasteiger partial charge in [0.15, 0.2) is 0 Å². The van der Waals surface area contributed by atoms with E-state index >= 15 is 0 Å². The summed E-state index contributed by atoms with van der Waals surface area (Å²) in [5.41, 5.74) is 0.726. The predicted octanol–water partition coefficient (Wildman–Crippen LogP) is 2.32. The summed E-state index contributed by atoms with van der Waals surface area (Å²) in [4.78, 5) is 24.7. The van der Waals surface area contributed by atoms with E-state index in [1.165, 1.54) is 0 Å². The number of halogens is 1. The molecule has 1 aliphatic rings. The number of carbonyl (C=O) groups is 1. The Hall–Kier alpha value is -1.41. The fourth-order valence-corrected chi connectivity index (χ4v) is 3.35. The Morgan fingerprint density at radius 3 is 3.00 bits per heavy atom. The SMILES string of the molecule is CCOC(=O)c1cn(C2CCNC2)c2ccc(I)cc2c1=O. The summed E-state index contributed by atoms with van der Waals surface area (Å²) >= 11 is 2.17. The standard InChI is InChI=1S/C16H17IN2O3/c1-2-22-16(21)13-9-19(11-5-6-18-8-11)14-4-3-10(17)7-12(14)15(13)20/h3-4,7,9,11,18H,2,5-6,8H2,1H3. The summed E-state index contributed by atoms with van der Waals surface area (Å²) in [5.74, 6) is -0.548. The summed E-state index contributed by atoms with van der Waals surface area (Å²) in [7, 11) is 0. The minimum Gasteiger partial charge on any atom is -0.462 e. The van der Waals surface area contributed by atoms with E-state index < -0.39 is 5.97 Å². The molecule has 1 atom stereocenters. The van der Waals surface area contributed by atoms with Gasteiger partial charge >= 0.3 is 5.97 Å². The van der Waals surface area contributed by atoms with Crippen LogP contribution in [0, 0.1) is 3.57 Å². The van der Waals surface area contributed by atoms with E-state index in [2.05, 4.69) is 27.9 Å². The lowest BCUT2D eigenvalue weighted by atomic mass is 10.1. The Bertz CT molecular complexity index is 779. The van der Waals surface area contributed by atoms with Crippen LogP contribution in [-0.2, 0) is 4.74 Å². The smallest absolute Gasteiger partial charge is 0.343 e. The van der Waals surface area contributed by atoms with Crippen molar-refractivity contribution >= 4 is 39.5 Å². The molecule has 1 unspecified atom stereocenters. The molecule has 0 radical (unpaired) electrons. The molecule has 1 aromatic heterocycles. The van der Waals surface area contributed by atoms with Crippen molar-refractivity contribution in [1.29, 1.82) is 0 Å². The number of nitrogens with one attached hydrogen (secondary N) is 1. The van der Waals surface area contributed by atoms with E-state index in [0.717, 1.165) is 28.6 Å². The number of benzene rings is 1. The molecule has 22 heavy (non-hydrogen) atoms. The van der Waals surface area contributed by atoms with E-state index in [0.29, 0.717) is 5.39 Å². The molecule has 0 saturated carbocycles. The second-order valence-corrected chi connectivity index (χ2v) is 6.55. The molecule has 0 aliphatic carbocycles. The molecular weight excluding hydrogens is 395 g/mol. The second kappa shape index (κ2) is 6.37. The summed E-state index contributed by atoms with van der Waals surface area (Å²) in [5, 5.41) is 3.89. The third-order valence-electron chi connectivity index (χ3n) is 3.92. The van der Waals surface area contributed by atoms with Gasteiger partial charge in [0.1, 0.15) is 5.56 Å². The monoisotopic (exact) mass is 412 g/mol. The molecule has 5 nitrogen and oxygen atoms in total. The predicted molar refractivity (Wildman–Crippen MR) is 93.4 cm³/mol. The summed E-state index contributed by atoms with van der Waals surface area (Å²) < 4.78 is 8.05. The van der Waals surface area contributed by atoms with Crippen LogP contribution in [0.4, 0.5) is 0 Å². The molecule has 1 aromatic carbocycles. The number of carbonyl (C=O) groups excluding carboxylic acids is 1. The van der Waals surface area contributed by atoms with Crippen LogP contribution in [0.25, 0.3) is 10.9 Å². The Morgan fingerprint density at radius 1 is 1.50 bits per heavy atom. The number of esters is 1. The molecule has 1 aliphatic heterocycles. The molecule has 1 fully saturated rings. The van der Waals surface area contributed by atoms with Crippen LogP contribution in [0.1, 0.15) is 29.7 Å². The van der Waals surface area contributed by atoms with Crippen LogP contribution < -0.4 is 10.7 Å². The van der Waals surface area contributed by atoms with Crippen molar-refractivity contribution in [3.05, 3.63) is 43.8 Å². The van der Waals surface area contributed by atoms with Crippen molar-refractivity contribution in [1.82, 2.24) is 9.88 Å². The number of nitrogens with zero attached hydrogens (tertiary/aromatic N) is 1. The molecule has 2 heterocycles. The lowest BCUT2D eigenvalue weighted by molar-refractivity contribution is 0.0524. The average molecular weight is 412 g/mol. The Labute approximate surface area is 141 Å². The third kappa shape index (κ3) is 2.77. The van der Waals surface area contributed by atoms with Gasteiger partial charge in [-0.2, -0.15) is 0 Å². The molecule has 1 N–H and O–H groups in total. The second-order valence-electron chi connectivity index (χ2n) is 5.31. The highest BCUT2D eigenvalue weighted by Gasteiger charge is 2.22. The number of rotatable bonds is 3. The van der Waals surface area contributed by atoms with Crippen LogP contribution in [0.2, 0.25) is 0 Å². The highest BCUT2D eigenvalue weighted by molar-refractivity contribution is 14.1. The molecule has 116 valence electrons. The molecule has 6 heteroatoms. The van der Waals surface area contributed by atoms with Gasteiger partial charge in [-0.25, -0.2) is 4.79 Å². The van der Waals surface area contributed by atoms with Crippen LogP contribution >= 0.6 is 22.6 Å². The molecule has 3 rings (SSSR count). The van der Waals surface area contributed by atoms with Crippen molar-refractivity contribution in [2.45, 2.75) is 19.4 Å². The van der Waals surface area contributed by atoms with Gasteiger partial charge in [0.05, 0.1) is 12.1 Å². The lowest BCUT2D eigenvalue weighted by Gasteiger charge is -2.18. The van der Waals surface area contributed by atoms with Gasteiger partial charge in [-0.3, -0.25) is 4.79 Å². The molecule has 0 amide bonds. The maximum atomic E-state index is 12.6. The quantitative estimate of drug-likeness (QED) is 0.621. The third-order valence-corrected chi connectivity index (χ3v) is 4.59. The summed E-state index contributed by atoms with van der Waals surface area (Å²) in [6, 6.07) is 6.01. The minimum absolute atomic E-state index is 0.114. The van der Waals surface area contributed by atoms with Crippen molar-refractivity contribution < 1.29 is 9.53 Å². The highest BCUT2D eigenvalue weighted by atomic mass is 127. The number of aromatic nitrogens is 1. The molecule has 2 aromatic rings. The van der Waals surface area contributed by atoms with Gasteiger partial charge in [-0.05, 0) is 60.7 Å². The molecule has 0 spiro atoms. The number of fused-ring (bicyclic) bond motifs is 1. The topological polar surface area (TPSA) is 60.3 Å². The van der Waals surface area contributed by atoms with Crippen LogP contribution in [0.5, 0.6) is 0 Å². The highest BCUT2D eigenvalue weighted by Crippen LogP contribution is 2.23. The van der Waals surface area contributed by atoms with E-state index in [9.17, 15) is 9.59 Å². The zero-order chi connectivity index (χ0) is 15.7. The Balaban J connectivity index is 2.26. The maximum Gasteiger partial charge on any atom is 0.343 e. The number of pyridine rings is 1. The summed E-state index contributed by atoms with van der Waals surface area (Å²) in [6.07, 6.45) is 2.64. The summed E-state index contributed by atoms with van der Waals surface area (Å²) in [6.45, 7) is 3.78. The van der Waals surface area contributed by atoms with Crippen molar-refractivity contribution in [3.63, 3.8) is 0 Å². The zero-order valence-corrected chi connectivity index (χ0v) is 14.4. The first-order valence-electron chi connectivity index (χ1n) is 7.34. The number of hydrogen-bond acceptors (Lipinski definition) is 4. The Morgan fingerprint density at radius 2 is 2.32 bits per heavy atom. The normalized spacial score (nSPS) is 17.8. The number of ether oxygens (including phenoxy) is 1. The van der Waals surface area contributed by atoms with Crippen LogP contribution in [0.15, 0.2) is 29.2 Å². The van der Waals surface area contributed by atoms with Crippen LogP contribution in [0.3, 0.4) is 0 Å². The molecule has 1 saturated heterocycles. The largest absolute Gasteiger partial charge is 0.462 e. The molecular formula is C16H17IN2O3. The van der Waals surface area contributed by atoms with E-state index in [4.69, 9.17) is 4.74 Å². The van der Waals surface area contributed by atoms with Gasteiger partial charge in [0.25, 0.3) is 0 Å². The maximum absolute atomic E-state index is 12.6.